The van der Waals surface area contributed by atoms with Gasteiger partial charge in [-0.15, -0.1) is 0 Å². The Balaban J connectivity index is 1.37. The van der Waals surface area contributed by atoms with E-state index in [1.54, 1.807) is 18.2 Å². The number of benzene rings is 3. The van der Waals surface area contributed by atoms with Crippen LogP contribution < -0.4 is 19.7 Å². The molecule has 0 aliphatic carbocycles. The van der Waals surface area contributed by atoms with Crippen molar-refractivity contribution in [2.75, 3.05) is 30.0 Å². The van der Waals surface area contributed by atoms with Gasteiger partial charge >= 0.3 is 0 Å². The smallest absolute Gasteiger partial charge is 0.244 e. The van der Waals surface area contributed by atoms with Crippen LogP contribution in [0.2, 0.25) is 0 Å². The fraction of sp³-hybridized carbons (Fsp3) is 0.160. The topological polar surface area (TPSA) is 80.2 Å². The number of aliphatic imine (C=N–C) groups is 1. The Hall–Kier alpha value is -4.13. The predicted octanol–water partition coefficient (Wildman–Crippen LogP) is 3.95. The molecular formula is C25H21N3O4. The highest BCUT2D eigenvalue weighted by atomic mass is 16.6. The number of carbonyl (C=O) groups excluding carboxylic acids is 2. The maximum absolute atomic E-state index is 13.2. The van der Waals surface area contributed by atoms with Crippen LogP contribution in [0.3, 0.4) is 0 Å². The number of nitrogens with zero attached hydrogens (tertiary/aromatic N) is 2. The molecule has 2 heterocycles. The lowest BCUT2D eigenvalue weighted by molar-refractivity contribution is -0.120. The van der Waals surface area contributed by atoms with E-state index in [1.165, 1.54) is 4.90 Å². The van der Waals surface area contributed by atoms with Gasteiger partial charge in [-0.3, -0.25) is 14.6 Å². The van der Waals surface area contributed by atoms with Crippen LogP contribution >= 0.6 is 0 Å². The summed E-state index contributed by atoms with van der Waals surface area (Å²) in [4.78, 5) is 32.3. The second-order valence-electron chi connectivity index (χ2n) is 7.48. The Morgan fingerprint density at radius 3 is 2.53 bits per heavy atom. The Morgan fingerprint density at radius 1 is 0.938 bits per heavy atom. The van der Waals surface area contributed by atoms with Crippen LogP contribution in [0.1, 0.15) is 12.0 Å². The predicted molar refractivity (Wildman–Crippen MR) is 122 cm³/mol. The Kier molecular flexibility index (Phi) is 5.29. The third-order valence-corrected chi connectivity index (χ3v) is 5.28. The first-order chi connectivity index (χ1) is 15.7. The molecule has 1 N–H and O–H groups in total. The van der Waals surface area contributed by atoms with Gasteiger partial charge in [0.2, 0.25) is 11.8 Å². The van der Waals surface area contributed by atoms with Gasteiger partial charge in [-0.25, -0.2) is 0 Å². The molecule has 160 valence electrons. The highest BCUT2D eigenvalue weighted by molar-refractivity contribution is 6.19. The molecule has 0 spiro atoms. The summed E-state index contributed by atoms with van der Waals surface area (Å²) >= 11 is 0. The number of amides is 2. The molecule has 0 radical (unpaired) electrons. The minimum atomic E-state index is -0.312. The Bertz CT molecular complexity index is 1210. The first-order valence-electron chi connectivity index (χ1n) is 10.4. The number of nitrogens with one attached hydrogen (secondary N) is 1. The van der Waals surface area contributed by atoms with E-state index >= 15 is 0 Å². The average molecular weight is 427 g/mol. The molecule has 0 atom stereocenters. The number of hydrogen-bond donors (Lipinski definition) is 1. The standard InChI is InChI=1S/C25H21N3O4/c29-24(26-18-10-11-22-23(14-18)32-13-12-31-22)16-28-21-9-5-4-8-19(21)27-20(15-25(28)30)17-6-2-1-3-7-17/h1-11,14H,12-13,15-16H2,(H,26,29). The maximum Gasteiger partial charge on any atom is 0.244 e. The van der Waals surface area contributed by atoms with Crippen LogP contribution in [0.15, 0.2) is 77.8 Å². The fourth-order valence-electron chi connectivity index (χ4n) is 3.78. The Morgan fingerprint density at radius 2 is 1.69 bits per heavy atom. The van der Waals surface area contributed by atoms with Gasteiger partial charge in [-0.2, -0.15) is 0 Å². The van der Waals surface area contributed by atoms with E-state index in [9.17, 15) is 9.59 Å². The van der Waals surface area contributed by atoms with Crippen molar-refractivity contribution < 1.29 is 19.1 Å². The third kappa shape index (κ3) is 4.05. The number of hydrogen-bond acceptors (Lipinski definition) is 5. The first kappa shape index (κ1) is 19.8. The quantitative estimate of drug-likeness (QED) is 0.684. The molecule has 7 nitrogen and oxygen atoms in total. The number of para-hydroxylation sites is 2. The van der Waals surface area contributed by atoms with Crippen LogP contribution in [0, 0.1) is 0 Å². The van der Waals surface area contributed by atoms with Crippen LogP contribution in [0.5, 0.6) is 11.5 Å². The highest BCUT2D eigenvalue weighted by Gasteiger charge is 2.26. The summed E-state index contributed by atoms with van der Waals surface area (Å²) in [6, 6.07) is 22.2. The molecule has 3 aromatic carbocycles. The zero-order chi connectivity index (χ0) is 21.9. The minimum Gasteiger partial charge on any atom is -0.486 e. The molecule has 0 saturated heterocycles. The van der Waals surface area contributed by atoms with E-state index in [1.807, 2.05) is 54.6 Å². The van der Waals surface area contributed by atoms with Gasteiger partial charge in [-0.05, 0) is 29.8 Å². The SMILES string of the molecule is O=C(CN1C(=O)CC(c2ccccc2)=Nc2ccccc21)Nc1ccc2c(c1)OCCO2. The zero-order valence-corrected chi connectivity index (χ0v) is 17.3. The molecule has 0 bridgehead atoms. The monoisotopic (exact) mass is 427 g/mol. The molecule has 0 saturated carbocycles. The third-order valence-electron chi connectivity index (χ3n) is 5.28. The van der Waals surface area contributed by atoms with Crippen LogP contribution in [-0.2, 0) is 9.59 Å². The van der Waals surface area contributed by atoms with Crippen molar-refractivity contribution in [2.45, 2.75) is 6.42 Å². The van der Waals surface area contributed by atoms with Crippen molar-refractivity contribution in [1.29, 1.82) is 0 Å². The average Bonchev–Trinajstić information content (AvgIpc) is 2.96. The fourth-order valence-corrected chi connectivity index (χ4v) is 3.78. The molecule has 0 fully saturated rings. The van der Waals surface area contributed by atoms with E-state index in [-0.39, 0.29) is 24.8 Å². The molecule has 3 aromatic rings. The van der Waals surface area contributed by atoms with Crippen LogP contribution in [0.25, 0.3) is 0 Å². The Labute approximate surface area is 185 Å². The summed E-state index contributed by atoms with van der Waals surface area (Å²) in [6.07, 6.45) is 0.107. The number of ether oxygens (including phenoxy) is 2. The molecular weight excluding hydrogens is 406 g/mol. The van der Waals surface area contributed by atoms with E-state index in [2.05, 4.69) is 5.32 Å². The van der Waals surface area contributed by atoms with E-state index < -0.39 is 0 Å². The zero-order valence-electron chi connectivity index (χ0n) is 17.3. The molecule has 2 aliphatic heterocycles. The molecule has 32 heavy (non-hydrogen) atoms. The summed E-state index contributed by atoms with van der Waals surface area (Å²) < 4.78 is 11.1. The summed E-state index contributed by atoms with van der Waals surface area (Å²) in [5.41, 5.74) is 3.41. The van der Waals surface area contributed by atoms with Crippen molar-refractivity contribution in [1.82, 2.24) is 0 Å². The number of carbonyl (C=O) groups is 2. The number of anilines is 2. The summed E-state index contributed by atoms with van der Waals surface area (Å²) in [5.74, 6) is 0.741. The van der Waals surface area contributed by atoms with Crippen LogP contribution in [0.4, 0.5) is 17.1 Å². The van der Waals surface area contributed by atoms with Gasteiger partial charge < -0.3 is 19.7 Å². The molecule has 7 heteroatoms. The van der Waals surface area contributed by atoms with Gasteiger partial charge in [0.05, 0.1) is 23.5 Å². The maximum atomic E-state index is 13.2. The lowest BCUT2D eigenvalue weighted by atomic mass is 10.1. The largest absolute Gasteiger partial charge is 0.486 e. The van der Waals surface area contributed by atoms with Crippen molar-refractivity contribution >= 4 is 34.6 Å². The minimum absolute atomic E-state index is 0.107. The van der Waals surface area contributed by atoms with Crippen LogP contribution in [-0.4, -0.2) is 37.3 Å². The van der Waals surface area contributed by atoms with Crippen molar-refractivity contribution in [2.24, 2.45) is 4.99 Å². The number of rotatable bonds is 4. The summed E-state index contributed by atoms with van der Waals surface area (Å²) in [7, 11) is 0. The van der Waals surface area contributed by atoms with Gasteiger partial charge in [-0.1, -0.05) is 42.5 Å². The van der Waals surface area contributed by atoms with Gasteiger partial charge in [0, 0.05) is 11.8 Å². The highest BCUT2D eigenvalue weighted by Crippen LogP contribution is 2.34. The molecule has 0 aromatic heterocycles. The second kappa shape index (κ2) is 8.55. The molecule has 0 unspecified atom stereocenters. The number of fused-ring (bicyclic) bond motifs is 2. The molecule has 5 rings (SSSR count). The van der Waals surface area contributed by atoms with Crippen molar-refractivity contribution in [3.05, 3.63) is 78.4 Å². The lowest BCUT2D eigenvalue weighted by Gasteiger charge is -2.22. The summed E-state index contributed by atoms with van der Waals surface area (Å²) in [6.45, 7) is 0.845. The molecule has 2 amide bonds. The molecule has 2 aliphatic rings. The van der Waals surface area contributed by atoms with Crippen molar-refractivity contribution in [3.8, 4) is 11.5 Å². The van der Waals surface area contributed by atoms with E-state index in [4.69, 9.17) is 14.5 Å². The van der Waals surface area contributed by atoms with E-state index in [0.717, 1.165) is 5.56 Å². The van der Waals surface area contributed by atoms with E-state index in [0.29, 0.717) is 47.5 Å². The summed E-state index contributed by atoms with van der Waals surface area (Å²) in [5, 5.41) is 2.85. The van der Waals surface area contributed by atoms with Gasteiger partial charge in [0.25, 0.3) is 0 Å². The van der Waals surface area contributed by atoms with Crippen molar-refractivity contribution in [3.63, 3.8) is 0 Å². The normalized spacial score (nSPS) is 14.8. The van der Waals surface area contributed by atoms with Gasteiger partial charge in [0.15, 0.2) is 11.5 Å². The first-order valence-corrected chi connectivity index (χ1v) is 10.4. The van der Waals surface area contributed by atoms with Gasteiger partial charge in [0.1, 0.15) is 19.8 Å². The second-order valence-corrected chi connectivity index (χ2v) is 7.48. The lowest BCUT2D eigenvalue weighted by Crippen LogP contribution is -2.38.